The highest BCUT2D eigenvalue weighted by Crippen LogP contribution is 2.65. The van der Waals surface area contributed by atoms with Crippen molar-refractivity contribution in [1.82, 2.24) is 0 Å². The molecule has 2 bridgehead atoms. The third-order valence-corrected chi connectivity index (χ3v) is 20.6. The molecule has 0 aromatic heterocycles. The van der Waals surface area contributed by atoms with Gasteiger partial charge in [-0.3, -0.25) is 9.59 Å². The van der Waals surface area contributed by atoms with E-state index in [0.29, 0.717) is 176 Å². The van der Waals surface area contributed by atoms with Crippen molar-refractivity contribution < 1.29 is 123 Å². The molecule has 9 aromatic carbocycles. The van der Waals surface area contributed by atoms with Crippen molar-refractivity contribution in [2.24, 2.45) is 0 Å². The van der Waals surface area contributed by atoms with E-state index >= 15 is 4.79 Å². The Hall–Kier alpha value is -10.2. The van der Waals surface area contributed by atoms with E-state index in [4.69, 9.17) is 114 Å². The minimum atomic E-state index is -1.11. The van der Waals surface area contributed by atoms with Crippen molar-refractivity contribution in [2.45, 2.75) is 11.3 Å². The molecule has 0 radical (unpaired) electrons. The number of methoxy groups -OCH3 is 6. The van der Waals surface area contributed by atoms with Gasteiger partial charge in [0.1, 0.15) is 45.1 Å². The number of hydrogen-bond acceptors (Lipinski definition) is 26. The molecule has 28 nitrogen and oxygen atoms in total. The molecule has 0 heterocycles. The number of allylic oxidation sites excluding steroid dienone is 2. The minimum Gasteiger partial charge on any atom is -0.487 e. The molecule has 0 unspecified atom stereocenters. The zero-order valence-corrected chi connectivity index (χ0v) is 74.4. The molecule has 28 heteroatoms. The number of fused-ring (bicyclic) bond motifs is 2. The monoisotopic (exact) mass is 1770 g/mol. The van der Waals surface area contributed by atoms with Crippen LogP contribution in [0.15, 0.2) is 176 Å². The molecule has 2 N–H and O–H groups in total. The molecule has 688 valence electrons. The highest BCUT2D eigenvalue weighted by atomic mass is 16.6. The summed E-state index contributed by atoms with van der Waals surface area (Å²) in [6.45, 7) is 11.6. The molecule has 0 saturated carbocycles. The Balaban J connectivity index is 0.924. The molecule has 128 heavy (non-hydrogen) atoms. The number of hydrogen-bond donors (Lipinski definition) is 2. The number of amides is 2. The van der Waals surface area contributed by atoms with E-state index in [9.17, 15) is 4.79 Å². The Labute approximate surface area is 750 Å². The van der Waals surface area contributed by atoms with Crippen molar-refractivity contribution >= 4 is 55.9 Å². The van der Waals surface area contributed by atoms with Crippen LogP contribution in [-0.4, -0.2) is 292 Å². The van der Waals surface area contributed by atoms with Gasteiger partial charge in [-0.05, 0) is 133 Å². The third kappa shape index (κ3) is 29.4. The lowest BCUT2D eigenvalue weighted by molar-refractivity contribution is 0.0146. The highest BCUT2D eigenvalue weighted by molar-refractivity contribution is 6.19. The minimum absolute atomic E-state index is 0.0999. The number of benzene rings is 9. The Morgan fingerprint density at radius 1 is 0.305 bits per heavy atom. The first-order chi connectivity index (χ1) is 63.2. The number of carbonyl (C=O) groups is 2. The van der Waals surface area contributed by atoms with Gasteiger partial charge in [0.2, 0.25) is 11.5 Å². The molecule has 0 saturated heterocycles. The lowest BCUT2D eigenvalue weighted by Gasteiger charge is -2.50. The molecule has 12 rings (SSSR count). The van der Waals surface area contributed by atoms with E-state index in [0.717, 1.165) is 66.1 Å². The summed E-state index contributed by atoms with van der Waals surface area (Å²) in [6.07, 6.45) is 0. The normalized spacial score (nSPS) is 13.8. The summed E-state index contributed by atoms with van der Waals surface area (Å²) in [5.41, 5.74) is 9.49. The van der Waals surface area contributed by atoms with Gasteiger partial charge in [0, 0.05) is 76.6 Å². The molecule has 0 atom stereocenters. The zero-order chi connectivity index (χ0) is 89.3. The Morgan fingerprint density at radius 3 is 0.914 bits per heavy atom. The SMILES string of the molecule is COCCOCCOCCOc1cc(C(=O)Nc2ccc(C#CC34C(c5c6ccccc6cc6ccccc56)=C(c5ccc(NC(=O)c6cc(OCCOCCOCCOC)c(OCCOCCOCCOC)c(OCCOCCOCCOC)c6)cc5)C(c5ccccc53)c3ccccc34)cc2)cc(OCCOCCOCCOC)c1OCCOCCOCCOC. The van der Waals surface area contributed by atoms with Crippen LogP contribution in [0.25, 0.3) is 32.7 Å². The van der Waals surface area contributed by atoms with Crippen LogP contribution in [0.1, 0.15) is 65.6 Å². The lowest BCUT2D eigenvalue weighted by Crippen LogP contribution is -2.41. The predicted molar refractivity (Wildman–Crippen MR) is 486 cm³/mol. The van der Waals surface area contributed by atoms with E-state index in [1.165, 1.54) is 0 Å². The maximum Gasteiger partial charge on any atom is 0.255 e. The highest BCUT2D eigenvalue weighted by Gasteiger charge is 2.54. The van der Waals surface area contributed by atoms with Gasteiger partial charge < -0.3 is 124 Å². The van der Waals surface area contributed by atoms with Crippen molar-refractivity contribution in [3.05, 3.63) is 226 Å². The summed E-state index contributed by atoms with van der Waals surface area (Å²) in [5.74, 6) is 8.19. The quantitative estimate of drug-likeness (QED) is 0.0203. The van der Waals surface area contributed by atoms with Gasteiger partial charge in [-0.15, -0.1) is 0 Å². The summed E-state index contributed by atoms with van der Waals surface area (Å²) >= 11 is 0. The van der Waals surface area contributed by atoms with Crippen molar-refractivity contribution in [2.75, 3.05) is 291 Å². The molecular weight excluding hydrogens is 1650 g/mol. The molecule has 3 aliphatic rings. The summed E-state index contributed by atoms with van der Waals surface area (Å²) in [6, 6.07) is 58.7. The van der Waals surface area contributed by atoms with Gasteiger partial charge in [-0.1, -0.05) is 121 Å². The summed E-state index contributed by atoms with van der Waals surface area (Å²) in [7, 11) is 9.72. The van der Waals surface area contributed by atoms with E-state index in [2.05, 4.69) is 138 Å². The van der Waals surface area contributed by atoms with Crippen molar-refractivity contribution in [3.63, 3.8) is 0 Å². The zero-order valence-electron chi connectivity index (χ0n) is 74.4. The fraction of sp³-hybridized carbons (Fsp3) is 0.440. The summed E-state index contributed by atoms with van der Waals surface area (Å²) in [4.78, 5) is 29.9. The molecule has 2 amide bonds. The predicted octanol–water partition coefficient (Wildman–Crippen LogP) is 13.3. The summed E-state index contributed by atoms with van der Waals surface area (Å²) < 4.78 is 138. The van der Waals surface area contributed by atoms with Crippen LogP contribution in [0.2, 0.25) is 0 Å². The molecule has 0 aliphatic heterocycles. The van der Waals surface area contributed by atoms with Crippen LogP contribution < -0.4 is 39.1 Å². The van der Waals surface area contributed by atoms with Crippen LogP contribution in [0.5, 0.6) is 34.5 Å². The average molecular weight is 1770 g/mol. The fourth-order valence-corrected chi connectivity index (χ4v) is 14.6. The topological polar surface area (TPSA) is 280 Å². The number of ether oxygens (including phenoxy) is 24. The second kappa shape index (κ2) is 56.3. The first-order valence-corrected chi connectivity index (χ1v) is 43.4. The van der Waals surface area contributed by atoms with Crippen molar-refractivity contribution in [1.29, 1.82) is 0 Å². The van der Waals surface area contributed by atoms with Gasteiger partial charge in [0.15, 0.2) is 23.0 Å². The van der Waals surface area contributed by atoms with E-state index in [-0.39, 0.29) is 131 Å². The first-order valence-electron chi connectivity index (χ1n) is 43.4. The number of nitrogens with one attached hydrogen (secondary N) is 2. The molecule has 0 fully saturated rings. The second-order valence-electron chi connectivity index (χ2n) is 29.2. The van der Waals surface area contributed by atoms with Crippen LogP contribution in [0, 0.1) is 11.8 Å². The first kappa shape index (κ1) is 98.4. The third-order valence-electron chi connectivity index (χ3n) is 20.6. The lowest BCUT2D eigenvalue weighted by atomic mass is 9.51. The van der Waals surface area contributed by atoms with Gasteiger partial charge in [-0.2, -0.15) is 0 Å². The van der Waals surface area contributed by atoms with Crippen molar-refractivity contribution in [3.8, 4) is 46.3 Å². The fourth-order valence-electron chi connectivity index (χ4n) is 14.6. The number of rotatable bonds is 66. The second-order valence-corrected chi connectivity index (χ2v) is 29.2. The Kier molecular flexibility index (Phi) is 43.3. The largest absolute Gasteiger partial charge is 0.487 e. The smallest absolute Gasteiger partial charge is 0.255 e. The van der Waals surface area contributed by atoms with Crippen LogP contribution in [0.4, 0.5) is 11.4 Å². The standard InChI is InChI=1S/C100H122N2O26/c1-105-33-39-111-45-51-117-57-63-123-88-70-78(71-89(124-64-58-118-52-46-112-40-34-106-2)96(88)127-67-61-121-55-49-115-43-37-109-5)98(103)101-80-27-23-74(24-28-80)31-32-100-86-21-13-11-19-84(86)93(85-20-12-14-22-87(85)100)92(95(100)94-82-17-9-7-15-76(82)69-77-16-8-10-18-83(77)94)75-25-29-81(30-26-75)102-99(104)79-72-90(125-65-59-119-53-47-113-41-35-107-3)97(128-68-62-122-56-50-116-44-38-110-6)91(73-79)126-66-60-120-54-48-114-42-36-108-4/h7-30,69-73,93H,33-68H2,1-6H3,(H,101,103)(H,102,104). The van der Waals surface area contributed by atoms with E-state index in [1.54, 1.807) is 66.9 Å². The molecule has 3 aliphatic carbocycles. The average Bonchev–Trinajstić information content (AvgIpc) is 0.667. The van der Waals surface area contributed by atoms with Crippen LogP contribution >= 0.6 is 0 Å². The van der Waals surface area contributed by atoms with E-state index in [1.807, 2.05) is 36.4 Å². The number of carbonyl (C=O) groups excluding carboxylic acids is 2. The van der Waals surface area contributed by atoms with Crippen LogP contribution in [0.3, 0.4) is 0 Å². The van der Waals surface area contributed by atoms with Crippen LogP contribution in [-0.2, 0) is 90.7 Å². The van der Waals surface area contributed by atoms with Gasteiger partial charge in [0.05, 0.1) is 198 Å². The maximum atomic E-state index is 15.1. The number of anilines is 2. The molecular formula is C100H122N2O26. The maximum absolute atomic E-state index is 15.1. The van der Waals surface area contributed by atoms with Gasteiger partial charge in [0.25, 0.3) is 11.8 Å². The Morgan fingerprint density at radius 2 is 0.586 bits per heavy atom. The summed E-state index contributed by atoms with van der Waals surface area (Å²) in [5, 5.41) is 10.6. The molecule has 0 spiro atoms. The Bertz CT molecular complexity index is 4710. The van der Waals surface area contributed by atoms with Gasteiger partial charge in [-0.25, -0.2) is 0 Å². The molecule has 9 aromatic rings. The van der Waals surface area contributed by atoms with E-state index < -0.39 is 17.2 Å². The van der Waals surface area contributed by atoms with Gasteiger partial charge >= 0.3 is 0 Å².